The highest BCUT2D eigenvalue weighted by Gasteiger charge is 2.25. The lowest BCUT2D eigenvalue weighted by atomic mass is 9.93. The number of methoxy groups -OCH3 is 1. The predicted molar refractivity (Wildman–Crippen MR) is 84.6 cm³/mol. The summed E-state index contributed by atoms with van der Waals surface area (Å²) in [6, 6.07) is 7.75. The van der Waals surface area contributed by atoms with Gasteiger partial charge >= 0.3 is 0 Å². The zero-order chi connectivity index (χ0) is 15.1. The molecule has 0 saturated heterocycles. The minimum Gasteiger partial charge on any atom is -0.497 e. The normalized spacial score (nSPS) is 15.7. The van der Waals surface area contributed by atoms with Gasteiger partial charge in [0.25, 0.3) is 5.91 Å². The van der Waals surface area contributed by atoms with E-state index in [1.165, 1.54) is 19.3 Å². The second-order valence-electron chi connectivity index (χ2n) is 5.66. The van der Waals surface area contributed by atoms with Crippen LogP contribution in [0.3, 0.4) is 0 Å². The lowest BCUT2D eigenvalue weighted by molar-refractivity contribution is 0.0633. The van der Waals surface area contributed by atoms with E-state index in [9.17, 15) is 4.79 Å². The number of hydrogen-bond donors (Lipinski definition) is 1. The van der Waals surface area contributed by atoms with Gasteiger partial charge in [0.05, 0.1) is 7.11 Å². The number of benzene rings is 1. The fourth-order valence-corrected chi connectivity index (χ4v) is 3.00. The Morgan fingerprint density at radius 2 is 1.90 bits per heavy atom. The van der Waals surface area contributed by atoms with Crippen LogP contribution in [-0.2, 0) is 0 Å². The Labute approximate surface area is 127 Å². The Balaban J connectivity index is 2.11. The number of hydrogen-bond acceptors (Lipinski definition) is 3. The van der Waals surface area contributed by atoms with E-state index in [0.717, 1.165) is 37.1 Å². The van der Waals surface area contributed by atoms with Gasteiger partial charge in [-0.3, -0.25) is 4.79 Å². The maximum absolute atomic E-state index is 12.8. The summed E-state index contributed by atoms with van der Waals surface area (Å²) < 4.78 is 5.15. The molecular formula is C17H26N2O2. The largest absolute Gasteiger partial charge is 0.497 e. The summed E-state index contributed by atoms with van der Waals surface area (Å²) >= 11 is 0. The van der Waals surface area contributed by atoms with Crippen molar-refractivity contribution in [2.75, 3.05) is 20.2 Å². The fourth-order valence-electron chi connectivity index (χ4n) is 3.00. The van der Waals surface area contributed by atoms with Gasteiger partial charge in [-0.1, -0.05) is 19.3 Å². The van der Waals surface area contributed by atoms with Gasteiger partial charge in [-0.25, -0.2) is 0 Å². The van der Waals surface area contributed by atoms with Crippen LogP contribution in [0.15, 0.2) is 24.3 Å². The fraction of sp³-hybridized carbons (Fsp3) is 0.588. The number of carbonyl (C=O) groups excluding carboxylic acids is 1. The molecule has 1 saturated carbocycles. The van der Waals surface area contributed by atoms with E-state index in [0.29, 0.717) is 12.6 Å². The Bertz CT molecular complexity index is 439. The van der Waals surface area contributed by atoms with E-state index in [1.807, 2.05) is 29.2 Å². The quantitative estimate of drug-likeness (QED) is 0.876. The smallest absolute Gasteiger partial charge is 0.254 e. The second-order valence-corrected chi connectivity index (χ2v) is 5.66. The highest BCUT2D eigenvalue weighted by Crippen LogP contribution is 2.24. The van der Waals surface area contributed by atoms with Crippen LogP contribution in [0.2, 0.25) is 0 Å². The van der Waals surface area contributed by atoms with E-state index in [2.05, 4.69) is 0 Å². The van der Waals surface area contributed by atoms with Crippen LogP contribution in [0.1, 0.15) is 48.9 Å². The van der Waals surface area contributed by atoms with Gasteiger partial charge < -0.3 is 15.4 Å². The molecule has 21 heavy (non-hydrogen) atoms. The van der Waals surface area contributed by atoms with Gasteiger partial charge in [-0.2, -0.15) is 0 Å². The van der Waals surface area contributed by atoms with Gasteiger partial charge in [0, 0.05) is 18.2 Å². The lowest BCUT2D eigenvalue weighted by Crippen LogP contribution is -2.42. The minimum absolute atomic E-state index is 0.123. The molecule has 0 heterocycles. The van der Waals surface area contributed by atoms with Crippen LogP contribution in [0.5, 0.6) is 5.75 Å². The van der Waals surface area contributed by atoms with Gasteiger partial charge in [-0.15, -0.1) is 0 Å². The summed E-state index contributed by atoms with van der Waals surface area (Å²) in [7, 11) is 1.63. The van der Waals surface area contributed by atoms with Crippen molar-refractivity contribution in [3.05, 3.63) is 29.8 Å². The van der Waals surface area contributed by atoms with Crippen LogP contribution in [0.25, 0.3) is 0 Å². The number of carbonyl (C=O) groups is 1. The molecule has 0 bridgehead atoms. The van der Waals surface area contributed by atoms with Crippen LogP contribution in [0, 0.1) is 0 Å². The minimum atomic E-state index is 0.123. The molecule has 4 heteroatoms. The average molecular weight is 290 g/mol. The third kappa shape index (κ3) is 4.21. The van der Waals surface area contributed by atoms with Crippen LogP contribution in [0.4, 0.5) is 0 Å². The molecule has 116 valence electrons. The van der Waals surface area contributed by atoms with Crippen LogP contribution < -0.4 is 10.5 Å². The molecule has 1 aliphatic carbocycles. The summed E-state index contributed by atoms with van der Waals surface area (Å²) in [6.45, 7) is 1.38. The number of rotatable bonds is 6. The summed E-state index contributed by atoms with van der Waals surface area (Å²) in [5, 5.41) is 0. The standard InChI is InChI=1S/C17H26N2O2/c1-21-16-10-8-14(9-11-16)17(20)19(13-5-12-18)15-6-3-2-4-7-15/h8-11,15H,2-7,12-13,18H2,1H3. The number of amides is 1. The van der Waals surface area contributed by atoms with Gasteiger partial charge in [-0.05, 0) is 50.1 Å². The van der Waals surface area contributed by atoms with E-state index >= 15 is 0 Å². The highest BCUT2D eigenvalue weighted by atomic mass is 16.5. The third-order valence-electron chi connectivity index (χ3n) is 4.22. The van der Waals surface area contributed by atoms with Crippen molar-refractivity contribution in [1.29, 1.82) is 0 Å². The van der Waals surface area contributed by atoms with Crippen molar-refractivity contribution in [2.45, 2.75) is 44.6 Å². The molecule has 0 spiro atoms. The predicted octanol–water partition coefficient (Wildman–Crippen LogP) is 2.82. The van der Waals surface area contributed by atoms with Crippen molar-refractivity contribution in [3.8, 4) is 5.75 Å². The molecule has 1 aliphatic rings. The third-order valence-corrected chi connectivity index (χ3v) is 4.22. The molecule has 2 rings (SSSR count). The number of ether oxygens (including phenoxy) is 1. The van der Waals surface area contributed by atoms with E-state index in [1.54, 1.807) is 7.11 Å². The first-order valence-electron chi connectivity index (χ1n) is 7.91. The van der Waals surface area contributed by atoms with Gasteiger partial charge in [0.15, 0.2) is 0 Å². The SMILES string of the molecule is COc1ccc(C(=O)N(CCCN)C2CCCCC2)cc1. The average Bonchev–Trinajstić information content (AvgIpc) is 2.56. The monoisotopic (exact) mass is 290 g/mol. The van der Waals surface area contributed by atoms with Crippen LogP contribution >= 0.6 is 0 Å². The van der Waals surface area contributed by atoms with E-state index < -0.39 is 0 Å². The zero-order valence-corrected chi connectivity index (χ0v) is 12.9. The Morgan fingerprint density at radius 1 is 1.24 bits per heavy atom. The Kier molecular flexibility index (Phi) is 6.05. The topological polar surface area (TPSA) is 55.6 Å². The van der Waals surface area contributed by atoms with Crippen molar-refractivity contribution >= 4 is 5.91 Å². The Morgan fingerprint density at radius 3 is 2.48 bits per heavy atom. The van der Waals surface area contributed by atoms with Crippen molar-refractivity contribution in [1.82, 2.24) is 4.90 Å². The first-order valence-corrected chi connectivity index (χ1v) is 7.91. The molecule has 1 aromatic rings. The maximum Gasteiger partial charge on any atom is 0.254 e. The summed E-state index contributed by atoms with van der Waals surface area (Å²) in [5.74, 6) is 0.899. The summed E-state index contributed by atoms with van der Waals surface area (Å²) in [6.07, 6.45) is 6.83. The molecule has 1 amide bonds. The number of nitrogens with zero attached hydrogens (tertiary/aromatic N) is 1. The maximum atomic E-state index is 12.8. The summed E-state index contributed by atoms with van der Waals surface area (Å²) in [5.41, 5.74) is 6.36. The molecule has 1 fully saturated rings. The molecular weight excluding hydrogens is 264 g/mol. The van der Waals surface area contributed by atoms with Gasteiger partial charge in [0.2, 0.25) is 0 Å². The molecule has 4 nitrogen and oxygen atoms in total. The molecule has 2 N–H and O–H groups in total. The number of nitrogens with two attached hydrogens (primary N) is 1. The first-order chi connectivity index (χ1) is 10.3. The molecule has 0 unspecified atom stereocenters. The molecule has 1 aromatic carbocycles. The van der Waals surface area contributed by atoms with Crippen molar-refractivity contribution in [2.24, 2.45) is 5.73 Å². The van der Waals surface area contributed by atoms with Crippen molar-refractivity contribution in [3.63, 3.8) is 0 Å². The van der Waals surface area contributed by atoms with Gasteiger partial charge in [0.1, 0.15) is 5.75 Å². The second kappa shape index (κ2) is 8.03. The molecule has 0 aliphatic heterocycles. The van der Waals surface area contributed by atoms with Crippen LogP contribution in [-0.4, -0.2) is 37.0 Å². The molecule has 0 atom stereocenters. The Hall–Kier alpha value is -1.55. The first kappa shape index (κ1) is 15.8. The highest BCUT2D eigenvalue weighted by molar-refractivity contribution is 5.94. The lowest BCUT2D eigenvalue weighted by Gasteiger charge is -2.34. The van der Waals surface area contributed by atoms with Crippen molar-refractivity contribution < 1.29 is 9.53 Å². The zero-order valence-electron chi connectivity index (χ0n) is 12.9. The summed E-state index contributed by atoms with van der Waals surface area (Å²) in [4.78, 5) is 14.8. The molecule has 0 radical (unpaired) electrons. The van der Waals surface area contributed by atoms with E-state index in [-0.39, 0.29) is 5.91 Å². The van der Waals surface area contributed by atoms with E-state index in [4.69, 9.17) is 10.5 Å². The molecule has 0 aromatic heterocycles.